The summed E-state index contributed by atoms with van der Waals surface area (Å²) >= 11 is 0. The number of hydrogen-bond acceptors (Lipinski definition) is 4. The van der Waals surface area contributed by atoms with E-state index in [1.54, 1.807) is 16.8 Å². The van der Waals surface area contributed by atoms with Crippen LogP contribution < -0.4 is 5.56 Å². The first-order valence-corrected chi connectivity index (χ1v) is 5.41. The van der Waals surface area contributed by atoms with Crippen LogP contribution in [0.1, 0.15) is 0 Å². The van der Waals surface area contributed by atoms with Crippen molar-refractivity contribution in [3.8, 4) is 0 Å². The Morgan fingerprint density at radius 1 is 1.19 bits per heavy atom. The molecule has 2 unspecified atom stereocenters. The van der Waals surface area contributed by atoms with Crippen LogP contribution in [0.2, 0.25) is 0 Å². The summed E-state index contributed by atoms with van der Waals surface area (Å²) in [6, 6.07) is 5.05. The van der Waals surface area contributed by atoms with Gasteiger partial charge in [-0.2, -0.15) is 0 Å². The van der Waals surface area contributed by atoms with Crippen LogP contribution >= 0.6 is 0 Å². The summed E-state index contributed by atoms with van der Waals surface area (Å²) < 4.78 is 1.62. The zero-order valence-corrected chi connectivity index (χ0v) is 8.99. The summed E-state index contributed by atoms with van der Waals surface area (Å²) in [5, 5.41) is 18.7. The van der Waals surface area contributed by atoms with Crippen molar-refractivity contribution in [3.05, 3.63) is 34.7 Å². The van der Waals surface area contributed by atoms with Crippen molar-refractivity contribution in [3.63, 3.8) is 0 Å². The standard InChI is InChI=1S/C11H16N2O3/c14-9-7-12(8-10(9)15)5-6-13-4-2-1-3-11(13)16/h1-4,9-10,14-15H,5-8H2. The molecule has 0 aliphatic carbocycles. The summed E-state index contributed by atoms with van der Waals surface area (Å²) in [5.74, 6) is 0. The van der Waals surface area contributed by atoms with E-state index >= 15 is 0 Å². The fourth-order valence-electron chi connectivity index (χ4n) is 1.92. The van der Waals surface area contributed by atoms with Gasteiger partial charge in [-0.05, 0) is 6.07 Å². The van der Waals surface area contributed by atoms with Gasteiger partial charge in [-0.15, -0.1) is 0 Å². The molecule has 0 amide bonds. The molecule has 0 aromatic carbocycles. The highest BCUT2D eigenvalue weighted by molar-refractivity contribution is 4.93. The van der Waals surface area contributed by atoms with Gasteiger partial charge in [0, 0.05) is 38.4 Å². The predicted octanol–water partition coefficient (Wildman–Crippen LogP) is -1.11. The maximum atomic E-state index is 11.4. The van der Waals surface area contributed by atoms with Crippen molar-refractivity contribution in [1.29, 1.82) is 0 Å². The van der Waals surface area contributed by atoms with Gasteiger partial charge in [-0.3, -0.25) is 9.69 Å². The number of aromatic nitrogens is 1. The molecule has 1 aromatic heterocycles. The third-order valence-electron chi connectivity index (χ3n) is 2.89. The van der Waals surface area contributed by atoms with Crippen molar-refractivity contribution >= 4 is 0 Å². The minimum absolute atomic E-state index is 0.0252. The molecule has 2 atom stereocenters. The van der Waals surface area contributed by atoms with E-state index in [0.717, 1.165) is 0 Å². The first-order chi connectivity index (χ1) is 7.66. The predicted molar refractivity (Wildman–Crippen MR) is 59.2 cm³/mol. The van der Waals surface area contributed by atoms with Gasteiger partial charge in [0.15, 0.2) is 0 Å². The van der Waals surface area contributed by atoms with Gasteiger partial charge in [-0.1, -0.05) is 6.07 Å². The van der Waals surface area contributed by atoms with Crippen LogP contribution in [0.25, 0.3) is 0 Å². The second-order valence-electron chi connectivity index (χ2n) is 4.13. The molecule has 1 aliphatic rings. The average molecular weight is 224 g/mol. The van der Waals surface area contributed by atoms with Gasteiger partial charge in [0.2, 0.25) is 0 Å². The van der Waals surface area contributed by atoms with E-state index in [0.29, 0.717) is 26.2 Å². The van der Waals surface area contributed by atoms with Crippen LogP contribution in [-0.2, 0) is 6.54 Å². The number of aliphatic hydroxyl groups excluding tert-OH is 2. The summed E-state index contributed by atoms with van der Waals surface area (Å²) in [4.78, 5) is 13.4. The lowest BCUT2D eigenvalue weighted by Crippen LogP contribution is -2.29. The van der Waals surface area contributed by atoms with Gasteiger partial charge in [0.25, 0.3) is 5.56 Å². The highest BCUT2D eigenvalue weighted by Crippen LogP contribution is 2.09. The second-order valence-corrected chi connectivity index (χ2v) is 4.13. The van der Waals surface area contributed by atoms with Crippen molar-refractivity contribution in [2.24, 2.45) is 0 Å². The van der Waals surface area contributed by atoms with Gasteiger partial charge >= 0.3 is 0 Å². The molecule has 2 rings (SSSR count). The number of aliphatic hydroxyl groups is 2. The van der Waals surface area contributed by atoms with Crippen molar-refractivity contribution < 1.29 is 10.2 Å². The van der Waals surface area contributed by atoms with Gasteiger partial charge in [0.05, 0.1) is 12.2 Å². The summed E-state index contributed by atoms with van der Waals surface area (Å²) in [7, 11) is 0. The van der Waals surface area contributed by atoms with E-state index in [4.69, 9.17) is 0 Å². The normalized spacial score (nSPS) is 26.1. The van der Waals surface area contributed by atoms with Crippen LogP contribution in [0.5, 0.6) is 0 Å². The minimum atomic E-state index is -0.660. The SMILES string of the molecule is O=c1ccccn1CCN1CC(O)C(O)C1. The van der Waals surface area contributed by atoms with Crippen LogP contribution in [0.3, 0.4) is 0 Å². The van der Waals surface area contributed by atoms with Crippen molar-refractivity contribution in [1.82, 2.24) is 9.47 Å². The molecule has 5 heteroatoms. The van der Waals surface area contributed by atoms with Gasteiger partial charge in [-0.25, -0.2) is 0 Å². The maximum absolute atomic E-state index is 11.4. The fourth-order valence-corrected chi connectivity index (χ4v) is 1.92. The number of nitrogens with zero attached hydrogens (tertiary/aromatic N) is 2. The van der Waals surface area contributed by atoms with E-state index in [9.17, 15) is 15.0 Å². The Hall–Kier alpha value is -1.17. The number of pyridine rings is 1. The number of β-amino-alcohol motifs (C(OH)–C–C–N with tert-alkyl or cyclic N) is 2. The average Bonchev–Trinajstić information content (AvgIpc) is 2.57. The Morgan fingerprint density at radius 3 is 2.50 bits per heavy atom. The molecular weight excluding hydrogens is 208 g/mol. The van der Waals surface area contributed by atoms with E-state index in [2.05, 4.69) is 0 Å². The molecule has 1 aliphatic heterocycles. The molecule has 2 N–H and O–H groups in total. The third-order valence-corrected chi connectivity index (χ3v) is 2.89. The highest BCUT2D eigenvalue weighted by atomic mass is 16.3. The Kier molecular flexibility index (Phi) is 3.38. The number of hydrogen-bond donors (Lipinski definition) is 2. The Morgan fingerprint density at radius 2 is 1.88 bits per heavy atom. The largest absolute Gasteiger partial charge is 0.389 e. The molecule has 16 heavy (non-hydrogen) atoms. The summed E-state index contributed by atoms with van der Waals surface area (Å²) in [5.41, 5.74) is -0.0252. The third kappa shape index (κ3) is 2.49. The van der Waals surface area contributed by atoms with Gasteiger partial charge in [0.1, 0.15) is 0 Å². The lowest BCUT2D eigenvalue weighted by atomic mass is 10.3. The van der Waals surface area contributed by atoms with E-state index in [1.807, 2.05) is 11.0 Å². The molecule has 0 spiro atoms. The molecule has 88 valence electrons. The summed E-state index contributed by atoms with van der Waals surface area (Å²) in [6.07, 6.45) is 0.422. The Bertz CT molecular complexity index is 394. The molecule has 1 aromatic rings. The maximum Gasteiger partial charge on any atom is 0.250 e. The van der Waals surface area contributed by atoms with Crippen LogP contribution in [0.15, 0.2) is 29.2 Å². The van der Waals surface area contributed by atoms with E-state index in [1.165, 1.54) is 6.07 Å². The first-order valence-electron chi connectivity index (χ1n) is 5.41. The first kappa shape index (κ1) is 11.3. The van der Waals surface area contributed by atoms with Gasteiger partial charge < -0.3 is 14.8 Å². The highest BCUT2D eigenvalue weighted by Gasteiger charge is 2.28. The smallest absolute Gasteiger partial charge is 0.250 e. The van der Waals surface area contributed by atoms with E-state index < -0.39 is 12.2 Å². The molecule has 1 saturated heterocycles. The fraction of sp³-hybridized carbons (Fsp3) is 0.545. The topological polar surface area (TPSA) is 65.7 Å². The molecule has 1 fully saturated rings. The zero-order chi connectivity index (χ0) is 11.5. The minimum Gasteiger partial charge on any atom is -0.389 e. The zero-order valence-electron chi connectivity index (χ0n) is 8.99. The molecule has 0 saturated carbocycles. The molecule has 2 heterocycles. The van der Waals surface area contributed by atoms with Crippen molar-refractivity contribution in [2.45, 2.75) is 18.8 Å². The van der Waals surface area contributed by atoms with E-state index in [-0.39, 0.29) is 5.56 Å². The molecule has 5 nitrogen and oxygen atoms in total. The van der Waals surface area contributed by atoms with Crippen LogP contribution in [0, 0.1) is 0 Å². The summed E-state index contributed by atoms with van der Waals surface area (Å²) in [6.45, 7) is 2.20. The molecular formula is C11H16N2O3. The lowest BCUT2D eigenvalue weighted by molar-refractivity contribution is 0.0572. The Balaban J connectivity index is 1.89. The number of likely N-dealkylation sites (tertiary alicyclic amines) is 1. The Labute approximate surface area is 93.6 Å². The van der Waals surface area contributed by atoms with Crippen LogP contribution in [0.4, 0.5) is 0 Å². The molecule has 0 bridgehead atoms. The lowest BCUT2D eigenvalue weighted by Gasteiger charge is -2.15. The number of rotatable bonds is 3. The monoisotopic (exact) mass is 224 g/mol. The quantitative estimate of drug-likeness (QED) is 0.683. The second kappa shape index (κ2) is 4.78. The molecule has 0 radical (unpaired) electrons. The van der Waals surface area contributed by atoms with Crippen LogP contribution in [-0.4, -0.2) is 51.5 Å². The van der Waals surface area contributed by atoms with Crippen molar-refractivity contribution in [2.75, 3.05) is 19.6 Å².